The van der Waals surface area contributed by atoms with Crippen LogP contribution in [0.4, 0.5) is 14.9 Å². The first-order chi connectivity index (χ1) is 10.6. The van der Waals surface area contributed by atoms with Gasteiger partial charge in [-0.1, -0.05) is 0 Å². The molecule has 1 aromatic carbocycles. The molecule has 118 valence electrons. The van der Waals surface area contributed by atoms with Crippen molar-refractivity contribution in [1.82, 2.24) is 15.5 Å². The van der Waals surface area contributed by atoms with Crippen LogP contribution in [0.15, 0.2) is 18.2 Å². The smallest absolute Gasteiger partial charge is 0.321 e. The summed E-state index contributed by atoms with van der Waals surface area (Å²) in [6.07, 6.45) is 0. The highest BCUT2D eigenvalue weighted by atomic mass is 19.1. The summed E-state index contributed by atoms with van der Waals surface area (Å²) in [6, 6.07) is 4.04. The number of halogens is 1. The Bertz CT molecular complexity index is 607. The van der Waals surface area contributed by atoms with Crippen LogP contribution in [0, 0.1) is 5.82 Å². The van der Waals surface area contributed by atoms with E-state index in [-0.39, 0.29) is 23.5 Å². The van der Waals surface area contributed by atoms with Crippen LogP contribution >= 0.6 is 0 Å². The van der Waals surface area contributed by atoms with Gasteiger partial charge in [0.2, 0.25) is 0 Å². The standard InChI is InChI=1S/C15H19FN4O2/c1-10-9-17-4-6-19(10)14(21)12-8-11(2-3-13(12)16)20-7-5-18-15(20)22/h2-3,8,10,17H,4-7,9H2,1H3,(H,18,22). The Morgan fingerprint density at radius 3 is 2.82 bits per heavy atom. The van der Waals surface area contributed by atoms with E-state index in [1.165, 1.54) is 23.1 Å². The first kappa shape index (κ1) is 14.8. The molecule has 0 bridgehead atoms. The van der Waals surface area contributed by atoms with Gasteiger partial charge in [0.15, 0.2) is 0 Å². The van der Waals surface area contributed by atoms with Gasteiger partial charge in [0, 0.05) is 44.5 Å². The summed E-state index contributed by atoms with van der Waals surface area (Å²) in [5, 5.41) is 5.89. The van der Waals surface area contributed by atoms with Crippen molar-refractivity contribution in [2.75, 3.05) is 37.6 Å². The number of piperazine rings is 1. The lowest BCUT2D eigenvalue weighted by atomic mass is 10.1. The highest BCUT2D eigenvalue weighted by Crippen LogP contribution is 2.22. The first-order valence-electron chi connectivity index (χ1n) is 7.44. The third-order valence-corrected chi connectivity index (χ3v) is 4.11. The zero-order chi connectivity index (χ0) is 15.7. The molecule has 1 aromatic rings. The maximum atomic E-state index is 14.1. The predicted molar refractivity (Wildman–Crippen MR) is 80.5 cm³/mol. The Morgan fingerprint density at radius 2 is 2.14 bits per heavy atom. The van der Waals surface area contributed by atoms with Gasteiger partial charge in [-0.25, -0.2) is 9.18 Å². The number of nitrogens with zero attached hydrogens (tertiary/aromatic N) is 2. The van der Waals surface area contributed by atoms with Gasteiger partial charge < -0.3 is 15.5 Å². The van der Waals surface area contributed by atoms with Gasteiger partial charge in [-0.2, -0.15) is 0 Å². The third kappa shape index (κ3) is 2.64. The van der Waals surface area contributed by atoms with Gasteiger partial charge in [-0.05, 0) is 25.1 Å². The molecule has 2 aliphatic heterocycles. The number of urea groups is 1. The molecule has 1 atom stereocenters. The van der Waals surface area contributed by atoms with Crippen LogP contribution in [0.1, 0.15) is 17.3 Å². The molecule has 2 N–H and O–H groups in total. The molecule has 22 heavy (non-hydrogen) atoms. The monoisotopic (exact) mass is 306 g/mol. The fourth-order valence-corrected chi connectivity index (χ4v) is 2.86. The van der Waals surface area contributed by atoms with E-state index >= 15 is 0 Å². The summed E-state index contributed by atoms with van der Waals surface area (Å²) in [5.41, 5.74) is 0.563. The van der Waals surface area contributed by atoms with E-state index in [1.807, 2.05) is 6.92 Å². The fourth-order valence-electron chi connectivity index (χ4n) is 2.86. The molecule has 0 radical (unpaired) electrons. The van der Waals surface area contributed by atoms with Crippen molar-refractivity contribution < 1.29 is 14.0 Å². The molecule has 2 heterocycles. The molecular formula is C15H19FN4O2. The van der Waals surface area contributed by atoms with Crippen molar-refractivity contribution in [3.8, 4) is 0 Å². The van der Waals surface area contributed by atoms with Crippen LogP contribution in [0.5, 0.6) is 0 Å². The van der Waals surface area contributed by atoms with Crippen molar-refractivity contribution in [1.29, 1.82) is 0 Å². The number of carbonyl (C=O) groups is 2. The topological polar surface area (TPSA) is 64.7 Å². The zero-order valence-electron chi connectivity index (χ0n) is 12.4. The van der Waals surface area contributed by atoms with E-state index in [0.29, 0.717) is 38.4 Å². The minimum absolute atomic E-state index is 0.0133. The molecule has 2 saturated heterocycles. The molecule has 3 amide bonds. The van der Waals surface area contributed by atoms with Crippen LogP contribution < -0.4 is 15.5 Å². The van der Waals surface area contributed by atoms with Gasteiger partial charge in [0.25, 0.3) is 5.91 Å². The van der Waals surface area contributed by atoms with E-state index in [1.54, 1.807) is 4.90 Å². The summed E-state index contributed by atoms with van der Waals surface area (Å²) < 4.78 is 14.1. The Balaban J connectivity index is 1.89. The summed E-state index contributed by atoms with van der Waals surface area (Å²) >= 11 is 0. The molecular weight excluding hydrogens is 287 g/mol. The Labute approximate surface area is 128 Å². The molecule has 0 aromatic heterocycles. The normalized spacial score (nSPS) is 21.9. The molecule has 3 rings (SSSR count). The minimum atomic E-state index is -0.556. The number of amides is 3. The summed E-state index contributed by atoms with van der Waals surface area (Å²) in [5.74, 6) is -0.882. The molecule has 0 spiro atoms. The van der Waals surface area contributed by atoms with E-state index in [0.717, 1.165) is 0 Å². The SMILES string of the molecule is CC1CNCCN1C(=O)c1cc(N2CCNC2=O)ccc1F. The second-order valence-corrected chi connectivity index (χ2v) is 5.60. The molecule has 0 aliphatic carbocycles. The molecule has 7 heteroatoms. The van der Waals surface area contributed by atoms with E-state index in [2.05, 4.69) is 10.6 Å². The minimum Gasteiger partial charge on any atom is -0.336 e. The average molecular weight is 306 g/mol. The van der Waals surface area contributed by atoms with Crippen molar-refractivity contribution in [2.45, 2.75) is 13.0 Å². The lowest BCUT2D eigenvalue weighted by Gasteiger charge is -2.34. The summed E-state index contributed by atoms with van der Waals surface area (Å²) in [7, 11) is 0. The molecule has 1 unspecified atom stereocenters. The van der Waals surface area contributed by atoms with Crippen LogP contribution in [0.2, 0.25) is 0 Å². The number of hydrogen-bond acceptors (Lipinski definition) is 3. The number of rotatable bonds is 2. The predicted octanol–water partition coefficient (Wildman–Crippen LogP) is 0.789. The molecule has 2 fully saturated rings. The van der Waals surface area contributed by atoms with Crippen LogP contribution in [0.25, 0.3) is 0 Å². The number of carbonyl (C=O) groups excluding carboxylic acids is 2. The van der Waals surface area contributed by atoms with Crippen LogP contribution in [0.3, 0.4) is 0 Å². The van der Waals surface area contributed by atoms with Crippen molar-refractivity contribution >= 4 is 17.6 Å². The van der Waals surface area contributed by atoms with Crippen LogP contribution in [-0.4, -0.2) is 55.6 Å². The highest BCUT2D eigenvalue weighted by molar-refractivity contribution is 5.98. The van der Waals surface area contributed by atoms with Crippen LogP contribution in [-0.2, 0) is 0 Å². The molecule has 2 aliphatic rings. The average Bonchev–Trinajstić information content (AvgIpc) is 2.94. The Kier molecular flexibility index (Phi) is 3.98. The summed E-state index contributed by atoms with van der Waals surface area (Å²) in [4.78, 5) is 27.5. The molecule has 0 saturated carbocycles. The van der Waals surface area contributed by atoms with Crippen molar-refractivity contribution in [3.05, 3.63) is 29.6 Å². The third-order valence-electron chi connectivity index (χ3n) is 4.11. The lowest BCUT2D eigenvalue weighted by Crippen LogP contribution is -2.52. The van der Waals surface area contributed by atoms with E-state index in [9.17, 15) is 14.0 Å². The van der Waals surface area contributed by atoms with E-state index in [4.69, 9.17) is 0 Å². The fraction of sp³-hybridized carbons (Fsp3) is 0.467. The second-order valence-electron chi connectivity index (χ2n) is 5.60. The number of anilines is 1. The van der Waals surface area contributed by atoms with Gasteiger partial charge in [-0.3, -0.25) is 9.69 Å². The largest absolute Gasteiger partial charge is 0.336 e. The Hall–Kier alpha value is -2.15. The second kappa shape index (κ2) is 5.92. The summed E-state index contributed by atoms with van der Waals surface area (Å²) in [6.45, 7) is 4.94. The number of nitrogens with one attached hydrogen (secondary N) is 2. The maximum Gasteiger partial charge on any atom is 0.321 e. The van der Waals surface area contributed by atoms with Gasteiger partial charge in [-0.15, -0.1) is 0 Å². The number of benzene rings is 1. The Morgan fingerprint density at radius 1 is 1.32 bits per heavy atom. The first-order valence-corrected chi connectivity index (χ1v) is 7.44. The lowest BCUT2D eigenvalue weighted by molar-refractivity contribution is 0.0651. The zero-order valence-corrected chi connectivity index (χ0v) is 12.4. The molecule has 6 nitrogen and oxygen atoms in total. The number of hydrogen-bond donors (Lipinski definition) is 2. The van der Waals surface area contributed by atoms with Gasteiger partial charge >= 0.3 is 6.03 Å². The van der Waals surface area contributed by atoms with Crippen molar-refractivity contribution in [2.24, 2.45) is 0 Å². The van der Waals surface area contributed by atoms with Gasteiger partial charge in [0.1, 0.15) is 5.82 Å². The van der Waals surface area contributed by atoms with Gasteiger partial charge in [0.05, 0.1) is 5.56 Å². The quantitative estimate of drug-likeness (QED) is 0.849. The van der Waals surface area contributed by atoms with Crippen molar-refractivity contribution in [3.63, 3.8) is 0 Å². The van der Waals surface area contributed by atoms with E-state index < -0.39 is 5.82 Å². The highest BCUT2D eigenvalue weighted by Gasteiger charge is 2.28. The maximum absolute atomic E-state index is 14.1.